The fourth-order valence-corrected chi connectivity index (χ4v) is 1.94. The van der Waals surface area contributed by atoms with Crippen molar-refractivity contribution in [1.29, 1.82) is 0 Å². The molecule has 18 heavy (non-hydrogen) atoms. The van der Waals surface area contributed by atoms with E-state index in [4.69, 9.17) is 15.0 Å². The van der Waals surface area contributed by atoms with E-state index in [1.807, 2.05) is 6.92 Å². The molecule has 0 fully saturated rings. The Morgan fingerprint density at radius 1 is 1.33 bits per heavy atom. The highest BCUT2D eigenvalue weighted by molar-refractivity contribution is 4.98. The second-order valence-corrected chi connectivity index (χ2v) is 4.81. The van der Waals surface area contributed by atoms with Gasteiger partial charge in [0, 0.05) is 13.2 Å². The molecule has 5 heteroatoms. The van der Waals surface area contributed by atoms with E-state index >= 15 is 0 Å². The van der Waals surface area contributed by atoms with Crippen molar-refractivity contribution in [3.63, 3.8) is 0 Å². The summed E-state index contributed by atoms with van der Waals surface area (Å²) in [5.74, 6) is 1.78. The first-order chi connectivity index (χ1) is 8.63. The molecule has 2 atom stereocenters. The van der Waals surface area contributed by atoms with Gasteiger partial charge in [-0.1, -0.05) is 32.3 Å². The number of aromatic nitrogens is 2. The molecule has 0 aromatic carbocycles. The summed E-state index contributed by atoms with van der Waals surface area (Å²) in [6, 6.07) is 0. The van der Waals surface area contributed by atoms with Gasteiger partial charge < -0.3 is 15.0 Å². The average Bonchev–Trinajstić information content (AvgIpc) is 2.78. The maximum absolute atomic E-state index is 5.75. The van der Waals surface area contributed by atoms with Gasteiger partial charge in [-0.2, -0.15) is 4.98 Å². The number of ether oxygens (including phenoxy) is 1. The van der Waals surface area contributed by atoms with Crippen LogP contribution in [0.2, 0.25) is 0 Å². The Labute approximate surface area is 109 Å². The molecule has 2 N–H and O–H groups in total. The quantitative estimate of drug-likeness (QED) is 0.773. The number of nitrogens with two attached hydrogens (primary N) is 1. The van der Waals surface area contributed by atoms with Crippen LogP contribution in [0.3, 0.4) is 0 Å². The summed E-state index contributed by atoms with van der Waals surface area (Å²) >= 11 is 0. The lowest BCUT2D eigenvalue weighted by Gasteiger charge is -2.14. The minimum atomic E-state index is -0.0666. The van der Waals surface area contributed by atoms with Crippen LogP contribution in [0.4, 0.5) is 0 Å². The minimum absolute atomic E-state index is 0.0666. The zero-order valence-electron chi connectivity index (χ0n) is 11.8. The third-order valence-electron chi connectivity index (χ3n) is 3.04. The third-order valence-corrected chi connectivity index (χ3v) is 3.04. The Balaban J connectivity index is 2.82. The monoisotopic (exact) mass is 255 g/mol. The van der Waals surface area contributed by atoms with E-state index in [0.29, 0.717) is 30.8 Å². The molecule has 1 rings (SSSR count). The maximum Gasteiger partial charge on any atom is 0.231 e. The number of hydrogen-bond donors (Lipinski definition) is 1. The predicted molar refractivity (Wildman–Crippen MR) is 70.2 cm³/mol. The largest absolute Gasteiger partial charge is 0.370 e. The fourth-order valence-electron chi connectivity index (χ4n) is 1.94. The van der Waals surface area contributed by atoms with Crippen molar-refractivity contribution >= 4 is 0 Å². The van der Waals surface area contributed by atoms with Gasteiger partial charge >= 0.3 is 0 Å². The molecule has 0 saturated carbocycles. The van der Waals surface area contributed by atoms with Crippen LogP contribution < -0.4 is 5.73 Å². The topological polar surface area (TPSA) is 74.2 Å². The molecule has 0 spiro atoms. The average molecular weight is 255 g/mol. The van der Waals surface area contributed by atoms with Crippen molar-refractivity contribution in [3.8, 4) is 0 Å². The van der Waals surface area contributed by atoms with E-state index in [0.717, 1.165) is 12.8 Å². The molecule has 0 saturated heterocycles. The summed E-state index contributed by atoms with van der Waals surface area (Å²) in [6.07, 6.45) is 1.86. The SMILES string of the molecule is CCCC(OCC)c1noc(C(CN)C(C)C)n1. The molecular formula is C13H25N3O2. The molecular weight excluding hydrogens is 230 g/mol. The van der Waals surface area contributed by atoms with Gasteiger partial charge in [-0.05, 0) is 19.3 Å². The van der Waals surface area contributed by atoms with Crippen molar-refractivity contribution in [2.75, 3.05) is 13.2 Å². The highest BCUT2D eigenvalue weighted by Crippen LogP contribution is 2.25. The zero-order chi connectivity index (χ0) is 13.5. The number of nitrogens with zero attached hydrogens (tertiary/aromatic N) is 2. The normalized spacial score (nSPS) is 15.0. The standard InChI is InChI=1S/C13H25N3O2/c1-5-7-11(17-6-2)12-15-13(18-16-12)10(8-14)9(3)4/h9-11H,5-8,14H2,1-4H3. The maximum atomic E-state index is 5.75. The predicted octanol–water partition coefficient (Wildman–Crippen LogP) is 2.65. The van der Waals surface area contributed by atoms with E-state index in [-0.39, 0.29) is 12.0 Å². The lowest BCUT2D eigenvalue weighted by atomic mass is 9.96. The first-order valence-electron chi connectivity index (χ1n) is 6.79. The molecule has 0 aliphatic carbocycles. The van der Waals surface area contributed by atoms with Gasteiger partial charge in [0.05, 0.1) is 5.92 Å². The highest BCUT2D eigenvalue weighted by Gasteiger charge is 2.24. The van der Waals surface area contributed by atoms with E-state index in [2.05, 4.69) is 30.9 Å². The van der Waals surface area contributed by atoms with E-state index < -0.39 is 0 Å². The van der Waals surface area contributed by atoms with Gasteiger partial charge in [-0.15, -0.1) is 0 Å². The molecule has 0 aliphatic heterocycles. The van der Waals surface area contributed by atoms with Gasteiger partial charge in [-0.25, -0.2) is 0 Å². The van der Waals surface area contributed by atoms with Crippen molar-refractivity contribution in [1.82, 2.24) is 10.1 Å². The van der Waals surface area contributed by atoms with Crippen LogP contribution in [0.1, 0.15) is 64.3 Å². The van der Waals surface area contributed by atoms with Crippen LogP contribution in [0.5, 0.6) is 0 Å². The molecule has 1 heterocycles. The minimum Gasteiger partial charge on any atom is -0.370 e. The Morgan fingerprint density at radius 2 is 2.06 bits per heavy atom. The van der Waals surface area contributed by atoms with E-state index in [1.165, 1.54) is 0 Å². The van der Waals surface area contributed by atoms with Crippen LogP contribution in [-0.4, -0.2) is 23.3 Å². The van der Waals surface area contributed by atoms with Gasteiger partial charge in [0.1, 0.15) is 6.10 Å². The summed E-state index contributed by atoms with van der Waals surface area (Å²) in [7, 11) is 0. The summed E-state index contributed by atoms with van der Waals surface area (Å²) in [5, 5.41) is 4.04. The first kappa shape index (κ1) is 15.1. The van der Waals surface area contributed by atoms with Crippen LogP contribution >= 0.6 is 0 Å². The molecule has 0 aliphatic rings. The second kappa shape index (κ2) is 7.48. The highest BCUT2D eigenvalue weighted by atomic mass is 16.5. The Kier molecular flexibility index (Phi) is 6.29. The zero-order valence-corrected chi connectivity index (χ0v) is 11.8. The first-order valence-corrected chi connectivity index (χ1v) is 6.79. The Hall–Kier alpha value is -0.940. The lowest BCUT2D eigenvalue weighted by molar-refractivity contribution is 0.0477. The van der Waals surface area contributed by atoms with Gasteiger partial charge in [0.2, 0.25) is 11.7 Å². The molecule has 0 radical (unpaired) electrons. The van der Waals surface area contributed by atoms with Gasteiger partial charge in [0.15, 0.2) is 0 Å². The molecule has 0 bridgehead atoms. The summed E-state index contributed by atoms with van der Waals surface area (Å²) in [5.41, 5.74) is 5.75. The second-order valence-electron chi connectivity index (χ2n) is 4.81. The molecule has 5 nitrogen and oxygen atoms in total. The van der Waals surface area contributed by atoms with Crippen molar-refractivity contribution in [2.45, 2.75) is 52.6 Å². The molecule has 1 aromatic rings. The lowest BCUT2D eigenvalue weighted by Crippen LogP contribution is -2.18. The number of rotatable bonds is 8. The van der Waals surface area contributed by atoms with Crippen LogP contribution in [-0.2, 0) is 4.74 Å². The Morgan fingerprint density at radius 3 is 2.56 bits per heavy atom. The smallest absolute Gasteiger partial charge is 0.231 e. The molecule has 104 valence electrons. The van der Waals surface area contributed by atoms with Gasteiger partial charge in [-0.3, -0.25) is 0 Å². The molecule has 2 unspecified atom stereocenters. The van der Waals surface area contributed by atoms with Crippen LogP contribution in [0, 0.1) is 5.92 Å². The third kappa shape index (κ3) is 3.78. The van der Waals surface area contributed by atoms with E-state index in [9.17, 15) is 0 Å². The molecule has 1 aromatic heterocycles. The molecule has 0 amide bonds. The number of hydrogen-bond acceptors (Lipinski definition) is 5. The van der Waals surface area contributed by atoms with Crippen LogP contribution in [0.25, 0.3) is 0 Å². The van der Waals surface area contributed by atoms with Crippen LogP contribution in [0.15, 0.2) is 4.52 Å². The summed E-state index contributed by atoms with van der Waals surface area (Å²) < 4.78 is 11.0. The van der Waals surface area contributed by atoms with Gasteiger partial charge in [0.25, 0.3) is 0 Å². The van der Waals surface area contributed by atoms with Crippen molar-refractivity contribution < 1.29 is 9.26 Å². The Bertz CT molecular complexity index is 333. The summed E-state index contributed by atoms with van der Waals surface area (Å²) in [4.78, 5) is 4.46. The summed E-state index contributed by atoms with van der Waals surface area (Å²) in [6.45, 7) is 9.47. The fraction of sp³-hybridized carbons (Fsp3) is 0.846. The van der Waals surface area contributed by atoms with E-state index in [1.54, 1.807) is 0 Å². The van der Waals surface area contributed by atoms with Crippen molar-refractivity contribution in [2.24, 2.45) is 11.7 Å². The van der Waals surface area contributed by atoms with Crippen molar-refractivity contribution in [3.05, 3.63) is 11.7 Å².